The summed E-state index contributed by atoms with van der Waals surface area (Å²) in [6.45, 7) is 0.489. The molecule has 1 N–H and O–H groups in total. The highest BCUT2D eigenvalue weighted by molar-refractivity contribution is 9.10. The summed E-state index contributed by atoms with van der Waals surface area (Å²) in [5.74, 6) is 0. The number of benzene rings is 1. The van der Waals surface area contributed by atoms with E-state index in [0.29, 0.717) is 17.3 Å². The monoisotopic (exact) mass is 346 g/mol. The van der Waals surface area contributed by atoms with Gasteiger partial charge >= 0.3 is 0 Å². The van der Waals surface area contributed by atoms with Gasteiger partial charge in [0.2, 0.25) is 0 Å². The zero-order chi connectivity index (χ0) is 13.1. The number of rotatable bonds is 4. The van der Waals surface area contributed by atoms with Gasteiger partial charge in [-0.1, -0.05) is 17.7 Å². The van der Waals surface area contributed by atoms with Crippen molar-refractivity contribution >= 4 is 50.2 Å². The molecule has 7 heteroatoms. The smallest absolute Gasteiger partial charge is 0.293 e. The zero-order valence-electron chi connectivity index (χ0n) is 9.02. The van der Waals surface area contributed by atoms with Gasteiger partial charge in [-0.2, -0.15) is 0 Å². The summed E-state index contributed by atoms with van der Waals surface area (Å²) >= 11 is 11.0. The van der Waals surface area contributed by atoms with Gasteiger partial charge in [0, 0.05) is 15.4 Å². The number of nitro groups is 1. The van der Waals surface area contributed by atoms with Crippen LogP contribution >= 0.6 is 38.9 Å². The van der Waals surface area contributed by atoms with Crippen molar-refractivity contribution in [3.63, 3.8) is 0 Å². The van der Waals surface area contributed by atoms with E-state index < -0.39 is 4.92 Å². The molecular weight excluding hydrogens is 340 g/mol. The van der Waals surface area contributed by atoms with Gasteiger partial charge < -0.3 is 5.32 Å². The first-order valence-electron chi connectivity index (χ1n) is 4.98. The molecule has 0 aliphatic rings. The lowest BCUT2D eigenvalue weighted by Gasteiger charge is -2.08. The van der Waals surface area contributed by atoms with Crippen LogP contribution in [0.25, 0.3) is 0 Å². The highest BCUT2D eigenvalue weighted by Gasteiger charge is 2.16. The molecule has 0 saturated heterocycles. The topological polar surface area (TPSA) is 55.2 Å². The average Bonchev–Trinajstić information content (AvgIpc) is 2.73. The molecule has 0 spiro atoms. The van der Waals surface area contributed by atoms with Crippen LogP contribution in [0, 0.1) is 10.1 Å². The summed E-state index contributed by atoms with van der Waals surface area (Å²) in [7, 11) is 0. The molecule has 2 rings (SSSR count). The molecule has 4 nitrogen and oxygen atoms in total. The second-order valence-corrected chi connectivity index (χ2v) is 5.70. The number of nitro benzene ring substituents is 1. The van der Waals surface area contributed by atoms with Crippen molar-refractivity contribution in [1.29, 1.82) is 0 Å². The van der Waals surface area contributed by atoms with Crippen LogP contribution in [0.4, 0.5) is 11.4 Å². The Balaban J connectivity index is 2.24. The van der Waals surface area contributed by atoms with E-state index in [1.807, 2.05) is 11.4 Å². The predicted molar refractivity (Wildman–Crippen MR) is 77.5 cm³/mol. The molecule has 0 fully saturated rings. The number of halogens is 2. The van der Waals surface area contributed by atoms with E-state index in [0.717, 1.165) is 9.35 Å². The lowest BCUT2D eigenvalue weighted by Crippen LogP contribution is -2.02. The van der Waals surface area contributed by atoms with Crippen LogP contribution in [0.1, 0.15) is 4.88 Å². The number of hydrogen-bond donors (Lipinski definition) is 1. The first-order chi connectivity index (χ1) is 8.59. The number of anilines is 1. The molecule has 0 saturated carbocycles. The maximum atomic E-state index is 10.9. The largest absolute Gasteiger partial charge is 0.373 e. The Labute approximate surface area is 121 Å². The Morgan fingerprint density at radius 2 is 2.22 bits per heavy atom. The third-order valence-electron chi connectivity index (χ3n) is 2.31. The zero-order valence-corrected chi connectivity index (χ0v) is 12.2. The van der Waals surface area contributed by atoms with Crippen LogP contribution in [-0.4, -0.2) is 4.92 Å². The van der Waals surface area contributed by atoms with Gasteiger partial charge in [0.1, 0.15) is 5.69 Å². The third kappa shape index (κ3) is 2.82. The van der Waals surface area contributed by atoms with Crippen LogP contribution in [0.2, 0.25) is 5.02 Å². The Morgan fingerprint density at radius 3 is 2.83 bits per heavy atom. The summed E-state index contributed by atoms with van der Waals surface area (Å²) in [6.07, 6.45) is 0. The fourth-order valence-corrected chi connectivity index (χ4v) is 3.13. The SMILES string of the molecule is O=[N+]([O-])c1cccc(Cl)c1NCc1sccc1Br. The summed E-state index contributed by atoms with van der Waals surface area (Å²) in [5, 5.41) is 16.2. The minimum atomic E-state index is -0.447. The Hall–Kier alpha value is -1.11. The van der Waals surface area contributed by atoms with Gasteiger partial charge in [-0.3, -0.25) is 10.1 Å². The van der Waals surface area contributed by atoms with Crippen LogP contribution in [0.5, 0.6) is 0 Å². The maximum absolute atomic E-state index is 10.9. The molecule has 1 aromatic heterocycles. The summed E-state index contributed by atoms with van der Waals surface area (Å²) in [4.78, 5) is 11.5. The average molecular weight is 348 g/mol. The maximum Gasteiger partial charge on any atom is 0.293 e. The number of nitrogens with zero attached hydrogens (tertiary/aromatic N) is 1. The lowest BCUT2D eigenvalue weighted by atomic mass is 10.2. The van der Waals surface area contributed by atoms with E-state index in [1.165, 1.54) is 6.07 Å². The molecule has 0 atom stereocenters. The molecule has 0 amide bonds. The molecule has 94 valence electrons. The quantitative estimate of drug-likeness (QED) is 0.645. The third-order valence-corrected chi connectivity index (χ3v) is 4.55. The molecule has 2 aromatic rings. The van der Waals surface area contributed by atoms with E-state index >= 15 is 0 Å². The van der Waals surface area contributed by atoms with E-state index in [1.54, 1.807) is 23.5 Å². The highest BCUT2D eigenvalue weighted by Crippen LogP contribution is 2.33. The fourth-order valence-electron chi connectivity index (χ4n) is 1.46. The van der Waals surface area contributed by atoms with Crippen LogP contribution in [0.15, 0.2) is 34.1 Å². The number of para-hydroxylation sites is 1. The summed E-state index contributed by atoms with van der Waals surface area (Å²) in [6, 6.07) is 6.55. The van der Waals surface area contributed by atoms with Gasteiger partial charge in [0.15, 0.2) is 0 Å². The van der Waals surface area contributed by atoms with Crippen molar-refractivity contribution in [3.05, 3.63) is 54.1 Å². The first kappa shape index (κ1) is 13.3. The minimum Gasteiger partial charge on any atom is -0.373 e. The van der Waals surface area contributed by atoms with Crippen molar-refractivity contribution in [1.82, 2.24) is 0 Å². The molecule has 0 unspecified atom stereocenters. The molecular formula is C11H8BrClN2O2S. The van der Waals surface area contributed by atoms with Crippen molar-refractivity contribution in [2.75, 3.05) is 5.32 Å². The second kappa shape index (κ2) is 5.69. The van der Waals surface area contributed by atoms with Gasteiger partial charge in [-0.15, -0.1) is 11.3 Å². The molecule has 0 aliphatic carbocycles. The molecule has 0 radical (unpaired) electrons. The standard InChI is InChI=1S/C11H8BrClN2O2S/c12-7-4-5-18-10(7)6-14-11-8(13)2-1-3-9(11)15(16)17/h1-5,14H,6H2. The molecule has 1 aromatic carbocycles. The molecule has 1 heterocycles. The molecule has 0 aliphatic heterocycles. The Morgan fingerprint density at radius 1 is 1.44 bits per heavy atom. The van der Waals surface area contributed by atoms with Crippen molar-refractivity contribution in [2.24, 2.45) is 0 Å². The van der Waals surface area contributed by atoms with E-state index in [4.69, 9.17) is 11.6 Å². The second-order valence-electron chi connectivity index (χ2n) is 3.44. The molecule has 0 bridgehead atoms. The summed E-state index contributed by atoms with van der Waals surface area (Å²) in [5.41, 5.74) is 0.333. The minimum absolute atomic E-state index is 0.0184. The van der Waals surface area contributed by atoms with Crippen molar-refractivity contribution in [2.45, 2.75) is 6.54 Å². The Bertz CT molecular complexity index is 588. The van der Waals surface area contributed by atoms with Crippen LogP contribution in [-0.2, 0) is 6.54 Å². The van der Waals surface area contributed by atoms with Crippen molar-refractivity contribution in [3.8, 4) is 0 Å². The van der Waals surface area contributed by atoms with Gasteiger partial charge in [0.25, 0.3) is 5.69 Å². The fraction of sp³-hybridized carbons (Fsp3) is 0.0909. The number of hydrogen-bond acceptors (Lipinski definition) is 4. The predicted octanol–water partition coefficient (Wildman–Crippen LogP) is 4.68. The van der Waals surface area contributed by atoms with Crippen molar-refractivity contribution < 1.29 is 4.92 Å². The normalized spacial score (nSPS) is 10.3. The number of nitrogens with one attached hydrogen (secondary N) is 1. The number of thiophene rings is 1. The Kier molecular flexibility index (Phi) is 4.21. The van der Waals surface area contributed by atoms with Gasteiger partial charge in [0.05, 0.1) is 16.5 Å². The lowest BCUT2D eigenvalue weighted by molar-refractivity contribution is -0.383. The van der Waals surface area contributed by atoms with Gasteiger partial charge in [-0.25, -0.2) is 0 Å². The van der Waals surface area contributed by atoms with E-state index in [-0.39, 0.29) is 5.69 Å². The van der Waals surface area contributed by atoms with Crippen LogP contribution < -0.4 is 5.32 Å². The van der Waals surface area contributed by atoms with E-state index in [2.05, 4.69) is 21.2 Å². The summed E-state index contributed by atoms with van der Waals surface area (Å²) < 4.78 is 0.981. The highest BCUT2D eigenvalue weighted by atomic mass is 79.9. The van der Waals surface area contributed by atoms with Gasteiger partial charge in [-0.05, 0) is 33.4 Å². The first-order valence-corrected chi connectivity index (χ1v) is 7.03. The van der Waals surface area contributed by atoms with E-state index in [9.17, 15) is 10.1 Å². The van der Waals surface area contributed by atoms with Crippen LogP contribution in [0.3, 0.4) is 0 Å². The molecule has 18 heavy (non-hydrogen) atoms.